The van der Waals surface area contributed by atoms with Crippen LogP contribution >= 0.6 is 0 Å². The highest BCUT2D eigenvalue weighted by molar-refractivity contribution is 6.40. The van der Waals surface area contributed by atoms with Crippen LogP contribution in [-0.2, 0) is 22.6 Å². The minimum atomic E-state index is -0.667. The van der Waals surface area contributed by atoms with Gasteiger partial charge in [0.15, 0.2) is 0 Å². The molecule has 1 aromatic heterocycles. The smallest absolute Gasteiger partial charge is 0.346 e. The average molecular weight is 354 g/mol. The predicted molar refractivity (Wildman–Crippen MR) is 98.1 cm³/mol. The van der Waals surface area contributed by atoms with Crippen LogP contribution < -0.4 is 15.9 Å². The van der Waals surface area contributed by atoms with Crippen LogP contribution in [0.1, 0.15) is 23.9 Å². The molecular formula is C19H22N4O3. The number of aryl methyl sites for hydroxylation is 2. The maximum Gasteiger partial charge on any atom is 0.348 e. The third-order valence-corrected chi connectivity index (χ3v) is 4.59. The standard InChI is InChI=1S/C19H22N4O3/c1-12-10-13(2)22(19(26)21-12)9-8-20-17(24)18(25)23-14(3)11-15-6-4-5-7-16(15)23/h4-7,10,14H,8-9,11H2,1-3H3,(H,20,24). The number of aromatic nitrogens is 2. The summed E-state index contributed by atoms with van der Waals surface area (Å²) in [4.78, 5) is 42.2. The van der Waals surface area contributed by atoms with Crippen LogP contribution in [0.4, 0.5) is 5.69 Å². The number of nitrogens with one attached hydrogen (secondary N) is 1. The number of hydrogen-bond donors (Lipinski definition) is 1. The van der Waals surface area contributed by atoms with Crippen LogP contribution in [0.25, 0.3) is 0 Å². The summed E-state index contributed by atoms with van der Waals surface area (Å²) in [6.45, 7) is 5.94. The van der Waals surface area contributed by atoms with Gasteiger partial charge in [-0.05, 0) is 44.9 Å². The number of benzene rings is 1. The number of hydrogen-bond acceptors (Lipinski definition) is 4. The Morgan fingerprint density at radius 1 is 1.27 bits per heavy atom. The van der Waals surface area contributed by atoms with Crippen molar-refractivity contribution in [3.05, 3.63) is 57.8 Å². The molecule has 1 aromatic carbocycles. The SMILES string of the molecule is Cc1cc(C)n(CCNC(=O)C(=O)N2c3ccccc3CC2C)c(=O)n1. The van der Waals surface area contributed by atoms with Gasteiger partial charge in [0.25, 0.3) is 0 Å². The quantitative estimate of drug-likeness (QED) is 0.832. The Morgan fingerprint density at radius 2 is 2.00 bits per heavy atom. The van der Waals surface area contributed by atoms with Gasteiger partial charge in [-0.25, -0.2) is 4.79 Å². The number of carbonyl (C=O) groups excluding carboxylic acids is 2. The van der Waals surface area contributed by atoms with Gasteiger partial charge < -0.3 is 10.2 Å². The number of amides is 2. The molecule has 1 atom stereocenters. The largest absolute Gasteiger partial charge is 0.348 e. The van der Waals surface area contributed by atoms with Gasteiger partial charge in [0.2, 0.25) is 0 Å². The van der Waals surface area contributed by atoms with Crippen molar-refractivity contribution in [2.45, 2.75) is 39.8 Å². The first-order valence-corrected chi connectivity index (χ1v) is 8.63. The third-order valence-electron chi connectivity index (χ3n) is 4.59. The zero-order valence-electron chi connectivity index (χ0n) is 15.2. The lowest BCUT2D eigenvalue weighted by Gasteiger charge is -2.22. The molecule has 0 bridgehead atoms. The first-order chi connectivity index (χ1) is 12.4. The molecule has 0 radical (unpaired) electrons. The number of para-hydroxylation sites is 1. The zero-order chi connectivity index (χ0) is 18.8. The van der Waals surface area contributed by atoms with Crippen LogP contribution in [0.2, 0.25) is 0 Å². The van der Waals surface area contributed by atoms with E-state index in [-0.39, 0.29) is 24.8 Å². The van der Waals surface area contributed by atoms with Gasteiger partial charge in [-0.15, -0.1) is 0 Å². The molecule has 1 aliphatic heterocycles. The van der Waals surface area contributed by atoms with Gasteiger partial charge in [0.05, 0.1) is 0 Å². The number of nitrogens with zero attached hydrogens (tertiary/aromatic N) is 3. The van der Waals surface area contributed by atoms with Crippen molar-refractivity contribution in [2.24, 2.45) is 0 Å². The van der Waals surface area contributed by atoms with E-state index in [0.717, 1.165) is 23.4 Å². The van der Waals surface area contributed by atoms with E-state index in [1.165, 1.54) is 9.47 Å². The molecule has 7 heteroatoms. The molecule has 1 aliphatic rings. The van der Waals surface area contributed by atoms with E-state index in [0.29, 0.717) is 5.69 Å². The lowest BCUT2D eigenvalue weighted by Crippen LogP contribution is -2.46. The van der Waals surface area contributed by atoms with Crippen LogP contribution in [0.15, 0.2) is 35.1 Å². The average Bonchev–Trinajstić information content (AvgIpc) is 2.92. The van der Waals surface area contributed by atoms with E-state index < -0.39 is 11.8 Å². The Hall–Kier alpha value is -2.96. The van der Waals surface area contributed by atoms with Gasteiger partial charge in [-0.1, -0.05) is 18.2 Å². The van der Waals surface area contributed by atoms with Crippen molar-refractivity contribution in [2.75, 3.05) is 11.4 Å². The molecule has 136 valence electrons. The number of rotatable bonds is 3. The number of fused-ring (bicyclic) bond motifs is 1. The van der Waals surface area contributed by atoms with Gasteiger partial charge >= 0.3 is 17.5 Å². The van der Waals surface area contributed by atoms with E-state index in [2.05, 4.69) is 10.3 Å². The molecule has 1 N–H and O–H groups in total. The van der Waals surface area contributed by atoms with E-state index in [1.807, 2.05) is 38.1 Å². The van der Waals surface area contributed by atoms with E-state index in [1.54, 1.807) is 13.0 Å². The van der Waals surface area contributed by atoms with Gasteiger partial charge in [-0.2, -0.15) is 4.98 Å². The summed E-state index contributed by atoms with van der Waals surface area (Å²) >= 11 is 0. The number of anilines is 1. The van der Waals surface area contributed by atoms with Crippen LogP contribution in [-0.4, -0.2) is 34.0 Å². The Balaban J connectivity index is 1.64. The van der Waals surface area contributed by atoms with Crippen molar-refractivity contribution in [1.29, 1.82) is 0 Å². The molecule has 0 fully saturated rings. The maximum absolute atomic E-state index is 12.6. The molecule has 0 spiro atoms. The lowest BCUT2D eigenvalue weighted by molar-refractivity contribution is -0.137. The normalized spacial score (nSPS) is 15.7. The highest BCUT2D eigenvalue weighted by Gasteiger charge is 2.33. The lowest BCUT2D eigenvalue weighted by atomic mass is 10.1. The molecule has 2 amide bonds. The molecule has 26 heavy (non-hydrogen) atoms. The van der Waals surface area contributed by atoms with Crippen molar-refractivity contribution in [1.82, 2.24) is 14.9 Å². The molecule has 2 aromatic rings. The second kappa shape index (κ2) is 7.11. The van der Waals surface area contributed by atoms with Gasteiger partial charge in [0.1, 0.15) is 0 Å². The zero-order valence-corrected chi connectivity index (χ0v) is 15.2. The number of carbonyl (C=O) groups is 2. The highest BCUT2D eigenvalue weighted by atomic mass is 16.2. The predicted octanol–water partition coefficient (Wildman–Crippen LogP) is 0.954. The molecule has 3 rings (SSSR count). The molecule has 0 saturated heterocycles. The summed E-state index contributed by atoms with van der Waals surface area (Å²) < 4.78 is 1.48. The monoisotopic (exact) mass is 354 g/mol. The summed E-state index contributed by atoms with van der Waals surface area (Å²) in [6.07, 6.45) is 0.735. The third kappa shape index (κ3) is 3.37. The fourth-order valence-corrected chi connectivity index (χ4v) is 3.39. The minimum Gasteiger partial charge on any atom is -0.346 e. The van der Waals surface area contributed by atoms with Crippen molar-refractivity contribution in [3.8, 4) is 0 Å². The van der Waals surface area contributed by atoms with E-state index in [9.17, 15) is 14.4 Å². The van der Waals surface area contributed by atoms with Crippen molar-refractivity contribution >= 4 is 17.5 Å². The molecule has 1 unspecified atom stereocenters. The van der Waals surface area contributed by atoms with E-state index in [4.69, 9.17) is 0 Å². The Labute approximate surface area is 151 Å². The molecule has 0 saturated carbocycles. The topological polar surface area (TPSA) is 84.3 Å². The first-order valence-electron chi connectivity index (χ1n) is 8.63. The minimum absolute atomic E-state index is 0.0585. The molecule has 2 heterocycles. The first kappa shape index (κ1) is 17.8. The summed E-state index contributed by atoms with van der Waals surface area (Å²) in [6, 6.07) is 9.35. The van der Waals surface area contributed by atoms with Gasteiger partial charge in [-0.3, -0.25) is 14.2 Å². The highest BCUT2D eigenvalue weighted by Crippen LogP contribution is 2.31. The fraction of sp³-hybridized carbons (Fsp3) is 0.368. The molecule has 7 nitrogen and oxygen atoms in total. The fourth-order valence-electron chi connectivity index (χ4n) is 3.39. The van der Waals surface area contributed by atoms with E-state index >= 15 is 0 Å². The van der Waals surface area contributed by atoms with Crippen LogP contribution in [0.3, 0.4) is 0 Å². The second-order valence-corrected chi connectivity index (χ2v) is 6.59. The molecular weight excluding hydrogens is 332 g/mol. The Morgan fingerprint density at radius 3 is 2.73 bits per heavy atom. The Kier molecular flexibility index (Phi) is 4.88. The van der Waals surface area contributed by atoms with Crippen molar-refractivity contribution < 1.29 is 9.59 Å². The van der Waals surface area contributed by atoms with Crippen LogP contribution in [0.5, 0.6) is 0 Å². The maximum atomic E-state index is 12.6. The molecule has 0 aliphatic carbocycles. The summed E-state index contributed by atoms with van der Waals surface area (Å²) in [5, 5.41) is 2.61. The van der Waals surface area contributed by atoms with Crippen LogP contribution in [0, 0.1) is 13.8 Å². The summed E-state index contributed by atoms with van der Waals surface area (Å²) in [5.74, 6) is -1.24. The van der Waals surface area contributed by atoms with Gasteiger partial charge in [0, 0.05) is 36.2 Å². The van der Waals surface area contributed by atoms with Crippen molar-refractivity contribution in [3.63, 3.8) is 0 Å². The summed E-state index contributed by atoms with van der Waals surface area (Å²) in [7, 11) is 0. The summed E-state index contributed by atoms with van der Waals surface area (Å²) in [5.41, 5.74) is 2.92. The second-order valence-electron chi connectivity index (χ2n) is 6.59. The Bertz CT molecular complexity index is 919.